The van der Waals surface area contributed by atoms with Crippen molar-refractivity contribution in [3.05, 3.63) is 0 Å². The van der Waals surface area contributed by atoms with Crippen LogP contribution in [0.4, 0.5) is 0 Å². The molecule has 5 heteroatoms. The average molecular weight is 262 g/mol. The highest BCUT2D eigenvalue weighted by Crippen LogP contribution is 2.22. The van der Waals surface area contributed by atoms with Gasteiger partial charge in [-0.1, -0.05) is 0 Å². The van der Waals surface area contributed by atoms with Gasteiger partial charge in [0.25, 0.3) is 0 Å². The quantitative estimate of drug-likeness (QED) is 0.766. The molecule has 2 N–H and O–H groups in total. The second kappa shape index (κ2) is 6.03. The summed E-state index contributed by atoms with van der Waals surface area (Å²) in [7, 11) is 0. The molecule has 0 bridgehead atoms. The number of piperidine rings is 1. The number of nitrogens with one attached hydrogen (secondary N) is 2. The number of carbonyl (C=O) groups is 1. The lowest BCUT2D eigenvalue weighted by atomic mass is 9.92. The van der Waals surface area contributed by atoms with Crippen LogP contribution in [-0.2, 0) is 4.79 Å². The van der Waals surface area contributed by atoms with E-state index in [0.29, 0.717) is 0 Å². The van der Waals surface area contributed by atoms with Gasteiger partial charge in [0.1, 0.15) is 0 Å². The first kappa shape index (κ1) is 14.7. The van der Waals surface area contributed by atoms with Gasteiger partial charge in [0.05, 0.1) is 5.54 Å². The Labute approximate surface area is 110 Å². The second-order valence-electron chi connectivity index (χ2n) is 5.45. The summed E-state index contributed by atoms with van der Waals surface area (Å²) in [5, 5.41) is 6.33. The maximum Gasteiger partial charge on any atom is 0.239 e. The molecule has 0 unspecified atom stereocenters. The highest BCUT2D eigenvalue weighted by atomic mass is 35.5. The minimum absolute atomic E-state index is 0. The summed E-state index contributed by atoms with van der Waals surface area (Å²) in [6, 6.07) is 0. The van der Waals surface area contributed by atoms with Gasteiger partial charge in [0.15, 0.2) is 0 Å². The lowest BCUT2D eigenvalue weighted by Gasteiger charge is -2.43. The standard InChI is InChI=1S/C12H23N3O.ClH/c1-12(2)11(16)14-7-8-15(12)9-10-3-5-13-6-4-10;/h10,13H,3-9H2,1-2H3,(H,14,16);1H. The number of piperazine rings is 1. The fraction of sp³-hybridized carbons (Fsp3) is 0.917. The maximum absolute atomic E-state index is 11.8. The van der Waals surface area contributed by atoms with Crippen molar-refractivity contribution in [2.75, 3.05) is 32.7 Å². The molecule has 0 aromatic rings. The summed E-state index contributed by atoms with van der Waals surface area (Å²) in [4.78, 5) is 14.2. The van der Waals surface area contributed by atoms with E-state index >= 15 is 0 Å². The van der Waals surface area contributed by atoms with Gasteiger partial charge in [-0.3, -0.25) is 9.69 Å². The zero-order valence-electron chi connectivity index (χ0n) is 10.8. The Morgan fingerprint density at radius 1 is 1.29 bits per heavy atom. The minimum Gasteiger partial charge on any atom is -0.353 e. The monoisotopic (exact) mass is 261 g/mol. The molecule has 0 aromatic heterocycles. The summed E-state index contributed by atoms with van der Waals surface area (Å²) in [5.74, 6) is 0.930. The smallest absolute Gasteiger partial charge is 0.239 e. The number of hydrogen-bond donors (Lipinski definition) is 2. The highest BCUT2D eigenvalue weighted by Gasteiger charge is 2.38. The zero-order chi connectivity index (χ0) is 11.6. The van der Waals surface area contributed by atoms with Crippen LogP contribution in [0.5, 0.6) is 0 Å². The number of hydrogen-bond acceptors (Lipinski definition) is 3. The third-order valence-corrected chi connectivity index (χ3v) is 3.95. The number of carbonyl (C=O) groups excluding carboxylic acids is 1. The van der Waals surface area contributed by atoms with Gasteiger partial charge in [-0.25, -0.2) is 0 Å². The number of nitrogens with zero attached hydrogens (tertiary/aromatic N) is 1. The third kappa shape index (κ3) is 3.33. The molecule has 0 aliphatic carbocycles. The van der Waals surface area contributed by atoms with Gasteiger partial charge in [-0.15, -0.1) is 12.4 Å². The number of rotatable bonds is 2. The minimum atomic E-state index is -0.330. The van der Waals surface area contributed by atoms with Crippen molar-refractivity contribution < 1.29 is 4.79 Å². The van der Waals surface area contributed by atoms with E-state index in [2.05, 4.69) is 15.5 Å². The van der Waals surface area contributed by atoms with Crippen LogP contribution in [0.25, 0.3) is 0 Å². The fourth-order valence-electron chi connectivity index (χ4n) is 2.64. The Morgan fingerprint density at radius 2 is 1.94 bits per heavy atom. The second-order valence-corrected chi connectivity index (χ2v) is 5.45. The predicted molar refractivity (Wildman–Crippen MR) is 71.5 cm³/mol. The molecule has 17 heavy (non-hydrogen) atoms. The van der Waals surface area contributed by atoms with Crippen molar-refractivity contribution >= 4 is 18.3 Å². The van der Waals surface area contributed by atoms with Crippen molar-refractivity contribution in [3.63, 3.8) is 0 Å². The lowest BCUT2D eigenvalue weighted by Crippen LogP contribution is -2.62. The Balaban J connectivity index is 0.00000144. The van der Waals surface area contributed by atoms with Crippen molar-refractivity contribution in [2.45, 2.75) is 32.2 Å². The molecule has 1 amide bonds. The molecule has 0 radical (unpaired) electrons. The largest absolute Gasteiger partial charge is 0.353 e. The van der Waals surface area contributed by atoms with Gasteiger partial charge < -0.3 is 10.6 Å². The van der Waals surface area contributed by atoms with Crippen molar-refractivity contribution in [1.29, 1.82) is 0 Å². The number of amides is 1. The Hall–Kier alpha value is -0.320. The van der Waals surface area contributed by atoms with Gasteiger partial charge in [-0.05, 0) is 45.7 Å². The van der Waals surface area contributed by atoms with Crippen LogP contribution in [0.3, 0.4) is 0 Å². The summed E-state index contributed by atoms with van der Waals surface area (Å²) >= 11 is 0. The molecule has 2 rings (SSSR count). The average Bonchev–Trinajstić information content (AvgIpc) is 2.27. The molecular weight excluding hydrogens is 238 g/mol. The molecule has 100 valence electrons. The van der Waals surface area contributed by atoms with Crippen LogP contribution in [-0.4, -0.2) is 49.1 Å². The lowest BCUT2D eigenvalue weighted by molar-refractivity contribution is -0.135. The molecule has 2 saturated heterocycles. The van der Waals surface area contributed by atoms with Gasteiger partial charge >= 0.3 is 0 Å². The third-order valence-electron chi connectivity index (χ3n) is 3.95. The van der Waals surface area contributed by atoms with Crippen LogP contribution >= 0.6 is 12.4 Å². The SMILES string of the molecule is CC1(C)C(=O)NCCN1CC1CCNCC1.Cl. The fourth-order valence-corrected chi connectivity index (χ4v) is 2.64. The first-order valence-corrected chi connectivity index (χ1v) is 6.35. The summed E-state index contributed by atoms with van der Waals surface area (Å²) in [5.41, 5.74) is -0.330. The van der Waals surface area contributed by atoms with Gasteiger partial charge in [-0.2, -0.15) is 0 Å². The van der Waals surface area contributed by atoms with Crippen LogP contribution in [0.1, 0.15) is 26.7 Å². The molecule has 2 heterocycles. The van der Waals surface area contributed by atoms with E-state index < -0.39 is 0 Å². The van der Waals surface area contributed by atoms with Crippen LogP contribution in [0, 0.1) is 5.92 Å². The number of halogens is 1. The van der Waals surface area contributed by atoms with E-state index in [1.54, 1.807) is 0 Å². The Bertz CT molecular complexity index is 264. The van der Waals surface area contributed by atoms with Crippen LogP contribution in [0.2, 0.25) is 0 Å². The highest BCUT2D eigenvalue weighted by molar-refractivity contribution is 5.86. The molecule has 0 atom stereocenters. The van der Waals surface area contributed by atoms with E-state index in [0.717, 1.165) is 38.6 Å². The van der Waals surface area contributed by atoms with E-state index in [4.69, 9.17) is 0 Å². The molecule has 2 fully saturated rings. The van der Waals surface area contributed by atoms with Crippen molar-refractivity contribution in [2.24, 2.45) is 5.92 Å². The Morgan fingerprint density at radius 3 is 2.59 bits per heavy atom. The van der Waals surface area contributed by atoms with E-state index in [-0.39, 0.29) is 23.9 Å². The Kier molecular flexibility index (Phi) is 5.22. The predicted octanol–water partition coefficient (Wildman–Crippen LogP) is 0.618. The van der Waals surface area contributed by atoms with Crippen molar-refractivity contribution in [1.82, 2.24) is 15.5 Å². The molecule has 0 spiro atoms. The topological polar surface area (TPSA) is 44.4 Å². The van der Waals surface area contributed by atoms with Gasteiger partial charge in [0.2, 0.25) is 5.91 Å². The summed E-state index contributed by atoms with van der Waals surface area (Å²) in [6.45, 7) is 9.18. The molecule has 0 aromatic carbocycles. The maximum atomic E-state index is 11.8. The van der Waals surface area contributed by atoms with Crippen molar-refractivity contribution in [3.8, 4) is 0 Å². The summed E-state index contributed by atoms with van der Waals surface area (Å²) < 4.78 is 0. The van der Waals surface area contributed by atoms with Crippen LogP contribution < -0.4 is 10.6 Å². The van der Waals surface area contributed by atoms with E-state index in [1.165, 1.54) is 12.8 Å². The van der Waals surface area contributed by atoms with E-state index in [1.807, 2.05) is 13.8 Å². The molecule has 0 saturated carbocycles. The first-order chi connectivity index (χ1) is 7.60. The molecule has 2 aliphatic rings. The zero-order valence-corrected chi connectivity index (χ0v) is 11.6. The van der Waals surface area contributed by atoms with E-state index in [9.17, 15) is 4.79 Å². The molecule has 2 aliphatic heterocycles. The first-order valence-electron chi connectivity index (χ1n) is 6.35. The normalized spacial score (nSPS) is 26.1. The molecular formula is C12H24ClN3O. The summed E-state index contributed by atoms with van der Waals surface area (Å²) in [6.07, 6.45) is 2.49. The molecule has 4 nitrogen and oxygen atoms in total. The van der Waals surface area contributed by atoms with Crippen LogP contribution in [0.15, 0.2) is 0 Å². The van der Waals surface area contributed by atoms with Gasteiger partial charge in [0, 0.05) is 19.6 Å².